The van der Waals surface area contributed by atoms with Gasteiger partial charge in [0.05, 0.1) is 12.7 Å². The monoisotopic (exact) mass is 256 g/mol. The van der Waals surface area contributed by atoms with Crippen LogP contribution in [0.5, 0.6) is 5.75 Å². The van der Waals surface area contributed by atoms with Crippen molar-refractivity contribution in [3.8, 4) is 5.75 Å². The summed E-state index contributed by atoms with van der Waals surface area (Å²) in [5, 5.41) is 3.15. The molecule has 0 saturated carbocycles. The van der Waals surface area contributed by atoms with Crippen molar-refractivity contribution in [2.75, 3.05) is 7.11 Å². The van der Waals surface area contributed by atoms with E-state index in [1.165, 1.54) is 6.08 Å². The minimum atomic E-state index is -0.380. The summed E-state index contributed by atoms with van der Waals surface area (Å²) in [6, 6.07) is 3.76. The van der Waals surface area contributed by atoms with E-state index in [2.05, 4.69) is 10.3 Å². The number of hydrogen-bond acceptors (Lipinski definition) is 3. The van der Waals surface area contributed by atoms with Gasteiger partial charge in [0.25, 0.3) is 11.8 Å². The number of ether oxygens (including phenoxy) is 1. The highest BCUT2D eigenvalue weighted by Crippen LogP contribution is 2.33. The number of methoxy groups -OCH3 is 1. The second kappa shape index (κ2) is 3.98. The molecule has 0 atom stereocenters. The summed E-state index contributed by atoms with van der Waals surface area (Å²) in [5.74, 6) is 0.00157. The molecule has 2 heterocycles. The topological polar surface area (TPSA) is 71.2 Å². The van der Waals surface area contributed by atoms with E-state index in [-0.39, 0.29) is 11.8 Å². The quantitative estimate of drug-likeness (QED) is 0.800. The van der Waals surface area contributed by atoms with E-state index in [1.807, 2.05) is 19.1 Å². The molecule has 0 saturated heterocycles. The number of nitrogens with one attached hydrogen (secondary N) is 2. The molecule has 0 radical (unpaired) electrons. The molecule has 0 fully saturated rings. The first kappa shape index (κ1) is 11.5. The number of carbonyl (C=O) groups excluding carboxylic acids is 2. The van der Waals surface area contributed by atoms with Crippen LogP contribution in [0.4, 0.5) is 0 Å². The van der Waals surface area contributed by atoms with Crippen LogP contribution in [0.2, 0.25) is 0 Å². The summed E-state index contributed by atoms with van der Waals surface area (Å²) in [6.07, 6.45) is 3.06. The maximum Gasteiger partial charge on any atom is 0.258 e. The van der Waals surface area contributed by atoms with Gasteiger partial charge in [0.1, 0.15) is 5.75 Å². The van der Waals surface area contributed by atoms with Gasteiger partial charge in [-0.05, 0) is 19.1 Å². The summed E-state index contributed by atoms with van der Waals surface area (Å²) in [4.78, 5) is 26.1. The molecule has 2 aromatic rings. The highest BCUT2D eigenvalue weighted by molar-refractivity contribution is 6.35. The van der Waals surface area contributed by atoms with Crippen LogP contribution in [0, 0.1) is 6.92 Å². The molecule has 2 amide bonds. The van der Waals surface area contributed by atoms with Crippen molar-refractivity contribution in [3.05, 3.63) is 35.5 Å². The molecule has 0 aliphatic carbocycles. The smallest absolute Gasteiger partial charge is 0.258 e. The Morgan fingerprint density at radius 3 is 2.63 bits per heavy atom. The number of amides is 2. The standard InChI is InChI=1S/C14H12N2O3/c1-7-11(19-2)4-3-10-13(7)9(6-15-10)8-5-12(17)16-14(8)18/h3-6,15H,1-2H3,(H,16,17,18). The molecular formula is C14H12N2O3. The van der Waals surface area contributed by atoms with Crippen molar-refractivity contribution in [2.45, 2.75) is 6.92 Å². The Hall–Kier alpha value is -2.56. The van der Waals surface area contributed by atoms with Gasteiger partial charge in [-0.15, -0.1) is 0 Å². The zero-order valence-corrected chi connectivity index (χ0v) is 10.5. The number of aryl methyl sites for hydroxylation is 1. The van der Waals surface area contributed by atoms with Crippen LogP contribution in [0.25, 0.3) is 16.5 Å². The van der Waals surface area contributed by atoms with E-state index >= 15 is 0 Å². The van der Waals surface area contributed by atoms with Gasteiger partial charge in [0, 0.05) is 34.3 Å². The van der Waals surface area contributed by atoms with E-state index in [1.54, 1.807) is 13.3 Å². The lowest BCUT2D eigenvalue weighted by Crippen LogP contribution is -2.21. The number of H-pyrrole nitrogens is 1. The molecule has 5 heteroatoms. The number of hydrogen-bond donors (Lipinski definition) is 2. The van der Waals surface area contributed by atoms with Crippen molar-refractivity contribution in [1.82, 2.24) is 10.3 Å². The van der Waals surface area contributed by atoms with Crippen LogP contribution >= 0.6 is 0 Å². The third-order valence-corrected chi connectivity index (χ3v) is 3.32. The van der Waals surface area contributed by atoms with E-state index in [0.717, 1.165) is 27.8 Å². The number of benzene rings is 1. The van der Waals surface area contributed by atoms with Crippen LogP contribution in [-0.2, 0) is 9.59 Å². The Kier molecular flexibility index (Phi) is 2.41. The fourth-order valence-corrected chi connectivity index (χ4v) is 2.43. The average Bonchev–Trinajstić information content (AvgIpc) is 2.93. The number of imide groups is 1. The number of aromatic amines is 1. The molecule has 0 unspecified atom stereocenters. The van der Waals surface area contributed by atoms with Crippen molar-refractivity contribution >= 4 is 28.3 Å². The highest BCUT2D eigenvalue weighted by atomic mass is 16.5. The van der Waals surface area contributed by atoms with Crippen molar-refractivity contribution in [2.24, 2.45) is 0 Å². The SMILES string of the molecule is COc1ccc2[nH]cc(C3=CC(=O)NC3=O)c2c1C. The fourth-order valence-electron chi connectivity index (χ4n) is 2.43. The summed E-state index contributed by atoms with van der Waals surface area (Å²) < 4.78 is 5.29. The predicted molar refractivity (Wildman–Crippen MR) is 70.7 cm³/mol. The summed E-state index contributed by atoms with van der Waals surface area (Å²) >= 11 is 0. The number of rotatable bonds is 2. The van der Waals surface area contributed by atoms with Gasteiger partial charge < -0.3 is 9.72 Å². The zero-order valence-electron chi connectivity index (χ0n) is 10.5. The Bertz CT molecular complexity index is 740. The van der Waals surface area contributed by atoms with Gasteiger partial charge >= 0.3 is 0 Å². The van der Waals surface area contributed by atoms with Crippen molar-refractivity contribution in [1.29, 1.82) is 0 Å². The third-order valence-electron chi connectivity index (χ3n) is 3.32. The van der Waals surface area contributed by atoms with Gasteiger partial charge in [0.15, 0.2) is 0 Å². The molecule has 19 heavy (non-hydrogen) atoms. The van der Waals surface area contributed by atoms with Gasteiger partial charge in [-0.1, -0.05) is 0 Å². The summed E-state index contributed by atoms with van der Waals surface area (Å²) in [7, 11) is 1.60. The second-order valence-corrected chi connectivity index (χ2v) is 4.39. The third kappa shape index (κ3) is 1.62. The average molecular weight is 256 g/mol. The minimum Gasteiger partial charge on any atom is -0.496 e. The number of carbonyl (C=O) groups is 2. The van der Waals surface area contributed by atoms with Crippen LogP contribution < -0.4 is 10.1 Å². The van der Waals surface area contributed by atoms with Gasteiger partial charge in [-0.25, -0.2) is 0 Å². The Morgan fingerprint density at radius 2 is 2.00 bits per heavy atom. The summed E-state index contributed by atoms with van der Waals surface area (Å²) in [6.45, 7) is 1.92. The predicted octanol–water partition coefficient (Wildman–Crippen LogP) is 1.52. The van der Waals surface area contributed by atoms with E-state index < -0.39 is 0 Å². The molecule has 1 aliphatic heterocycles. The zero-order chi connectivity index (χ0) is 13.6. The summed E-state index contributed by atoms with van der Waals surface area (Å²) in [5.41, 5.74) is 2.94. The minimum absolute atomic E-state index is 0.367. The molecule has 3 rings (SSSR count). The fraction of sp³-hybridized carbons (Fsp3) is 0.143. The lowest BCUT2D eigenvalue weighted by atomic mass is 10.0. The van der Waals surface area contributed by atoms with E-state index in [9.17, 15) is 9.59 Å². The van der Waals surface area contributed by atoms with Crippen LogP contribution in [0.3, 0.4) is 0 Å². The molecule has 0 spiro atoms. The lowest BCUT2D eigenvalue weighted by Gasteiger charge is -2.07. The highest BCUT2D eigenvalue weighted by Gasteiger charge is 2.25. The Labute approximate surface area is 109 Å². The first-order valence-corrected chi connectivity index (χ1v) is 5.84. The van der Waals surface area contributed by atoms with Crippen molar-refractivity contribution < 1.29 is 14.3 Å². The second-order valence-electron chi connectivity index (χ2n) is 4.39. The largest absolute Gasteiger partial charge is 0.496 e. The lowest BCUT2D eigenvalue weighted by molar-refractivity contribution is -0.123. The Balaban J connectivity index is 2.28. The van der Waals surface area contributed by atoms with Crippen molar-refractivity contribution in [3.63, 3.8) is 0 Å². The van der Waals surface area contributed by atoms with Crippen LogP contribution in [0.15, 0.2) is 24.4 Å². The van der Waals surface area contributed by atoms with Crippen LogP contribution in [0.1, 0.15) is 11.1 Å². The first-order valence-electron chi connectivity index (χ1n) is 5.84. The maximum atomic E-state index is 11.7. The molecule has 1 aromatic carbocycles. The van der Waals surface area contributed by atoms with E-state index in [0.29, 0.717) is 5.57 Å². The molecular weight excluding hydrogens is 244 g/mol. The molecule has 1 aromatic heterocycles. The molecule has 5 nitrogen and oxygen atoms in total. The maximum absolute atomic E-state index is 11.7. The van der Waals surface area contributed by atoms with E-state index in [4.69, 9.17) is 4.74 Å². The van der Waals surface area contributed by atoms with Gasteiger partial charge in [-0.2, -0.15) is 0 Å². The molecule has 2 N–H and O–H groups in total. The Morgan fingerprint density at radius 1 is 1.21 bits per heavy atom. The molecule has 96 valence electrons. The number of aromatic nitrogens is 1. The van der Waals surface area contributed by atoms with Gasteiger partial charge in [0.2, 0.25) is 0 Å². The molecule has 1 aliphatic rings. The first-order chi connectivity index (χ1) is 9.11. The normalized spacial score (nSPS) is 14.7. The van der Waals surface area contributed by atoms with Gasteiger partial charge in [-0.3, -0.25) is 14.9 Å². The van der Waals surface area contributed by atoms with Crippen LogP contribution in [-0.4, -0.2) is 23.9 Å². The molecule has 0 bridgehead atoms. The number of fused-ring (bicyclic) bond motifs is 1.